The van der Waals surface area contributed by atoms with Gasteiger partial charge >= 0.3 is 0 Å². The zero-order chi connectivity index (χ0) is 5.98. The minimum Gasteiger partial charge on any atom is -0.366 e. The standard InChI is InChI=1S/C6H10O2/c1-2-3-4-5-6(7)8-5/h2,5-7H,1,3-4H2. The molecule has 0 aromatic carbocycles. The summed E-state index contributed by atoms with van der Waals surface area (Å²) in [5.41, 5.74) is 0. The van der Waals surface area contributed by atoms with E-state index in [1.165, 1.54) is 0 Å². The fraction of sp³-hybridized carbons (Fsp3) is 0.667. The van der Waals surface area contributed by atoms with Gasteiger partial charge in [-0.2, -0.15) is 0 Å². The number of hydrogen-bond acceptors (Lipinski definition) is 2. The average molecular weight is 114 g/mol. The van der Waals surface area contributed by atoms with Gasteiger partial charge in [0.2, 0.25) is 0 Å². The Morgan fingerprint density at radius 1 is 1.75 bits per heavy atom. The molecule has 0 aromatic rings. The summed E-state index contributed by atoms with van der Waals surface area (Å²) in [5.74, 6) is 0. The number of aliphatic hydroxyl groups excluding tert-OH is 1. The molecule has 0 spiro atoms. The van der Waals surface area contributed by atoms with Gasteiger partial charge in [0.05, 0.1) is 0 Å². The van der Waals surface area contributed by atoms with Gasteiger partial charge in [0, 0.05) is 0 Å². The normalized spacial score (nSPS) is 34.6. The largest absolute Gasteiger partial charge is 0.366 e. The van der Waals surface area contributed by atoms with Crippen molar-refractivity contribution in [2.45, 2.75) is 25.2 Å². The van der Waals surface area contributed by atoms with Crippen LogP contribution in [0.15, 0.2) is 12.7 Å². The number of hydrogen-bond donors (Lipinski definition) is 1. The van der Waals surface area contributed by atoms with Crippen LogP contribution in [0.2, 0.25) is 0 Å². The first-order chi connectivity index (χ1) is 3.84. The Hall–Kier alpha value is -0.340. The Labute approximate surface area is 48.8 Å². The maximum atomic E-state index is 8.60. The summed E-state index contributed by atoms with van der Waals surface area (Å²) >= 11 is 0. The summed E-state index contributed by atoms with van der Waals surface area (Å²) in [5, 5.41) is 8.60. The Kier molecular flexibility index (Phi) is 1.65. The predicted octanol–water partition coefficient (Wildman–Crippen LogP) is 0.670. The van der Waals surface area contributed by atoms with Crippen molar-refractivity contribution >= 4 is 0 Å². The van der Waals surface area contributed by atoms with Crippen LogP contribution in [0.3, 0.4) is 0 Å². The fourth-order valence-corrected chi connectivity index (χ4v) is 0.626. The lowest BCUT2D eigenvalue weighted by molar-refractivity contribution is 0.156. The van der Waals surface area contributed by atoms with Gasteiger partial charge in [-0.05, 0) is 12.8 Å². The highest BCUT2D eigenvalue weighted by Gasteiger charge is 2.35. The van der Waals surface area contributed by atoms with Crippen LogP contribution < -0.4 is 0 Å². The number of aliphatic hydroxyl groups is 1. The van der Waals surface area contributed by atoms with Crippen molar-refractivity contribution in [3.8, 4) is 0 Å². The van der Waals surface area contributed by atoms with Crippen LogP contribution in [0, 0.1) is 0 Å². The lowest BCUT2D eigenvalue weighted by Gasteiger charge is -1.83. The summed E-state index contributed by atoms with van der Waals surface area (Å²) in [6.07, 6.45) is 3.30. The Morgan fingerprint density at radius 3 is 2.75 bits per heavy atom. The van der Waals surface area contributed by atoms with E-state index in [1.807, 2.05) is 6.08 Å². The molecule has 1 rings (SSSR count). The quantitative estimate of drug-likeness (QED) is 0.432. The van der Waals surface area contributed by atoms with Gasteiger partial charge in [0.1, 0.15) is 6.10 Å². The molecular formula is C6H10O2. The first-order valence-corrected chi connectivity index (χ1v) is 2.79. The van der Waals surface area contributed by atoms with E-state index in [9.17, 15) is 0 Å². The third kappa shape index (κ3) is 1.32. The van der Waals surface area contributed by atoms with Crippen molar-refractivity contribution in [1.29, 1.82) is 0 Å². The molecule has 0 amide bonds. The van der Waals surface area contributed by atoms with E-state index in [2.05, 4.69) is 6.58 Å². The number of epoxide rings is 1. The topological polar surface area (TPSA) is 32.8 Å². The molecule has 2 atom stereocenters. The number of ether oxygens (including phenoxy) is 1. The lowest BCUT2D eigenvalue weighted by atomic mass is 10.2. The summed E-state index contributed by atoms with van der Waals surface area (Å²) < 4.78 is 4.73. The molecule has 1 N–H and O–H groups in total. The molecule has 8 heavy (non-hydrogen) atoms. The zero-order valence-corrected chi connectivity index (χ0v) is 4.71. The van der Waals surface area contributed by atoms with Crippen LogP contribution in [0.1, 0.15) is 12.8 Å². The lowest BCUT2D eigenvalue weighted by Crippen LogP contribution is -1.89. The van der Waals surface area contributed by atoms with Crippen molar-refractivity contribution in [1.82, 2.24) is 0 Å². The number of allylic oxidation sites excluding steroid dienone is 1. The van der Waals surface area contributed by atoms with Crippen molar-refractivity contribution in [3.05, 3.63) is 12.7 Å². The summed E-state index contributed by atoms with van der Waals surface area (Å²) in [6, 6.07) is 0. The van der Waals surface area contributed by atoms with Crippen LogP contribution in [0.5, 0.6) is 0 Å². The van der Waals surface area contributed by atoms with Crippen molar-refractivity contribution in [3.63, 3.8) is 0 Å². The van der Waals surface area contributed by atoms with Crippen molar-refractivity contribution < 1.29 is 9.84 Å². The zero-order valence-electron chi connectivity index (χ0n) is 4.71. The highest BCUT2D eigenvalue weighted by molar-refractivity contribution is 4.78. The molecular weight excluding hydrogens is 104 g/mol. The van der Waals surface area contributed by atoms with Crippen LogP contribution >= 0.6 is 0 Å². The molecule has 0 radical (unpaired) electrons. The third-order valence-corrected chi connectivity index (χ3v) is 1.21. The van der Waals surface area contributed by atoms with Crippen LogP contribution in [0.25, 0.3) is 0 Å². The minimum absolute atomic E-state index is 0.105. The van der Waals surface area contributed by atoms with Crippen LogP contribution in [0.4, 0.5) is 0 Å². The number of rotatable bonds is 3. The van der Waals surface area contributed by atoms with Crippen molar-refractivity contribution in [2.24, 2.45) is 0 Å². The molecule has 2 unspecified atom stereocenters. The minimum atomic E-state index is -0.477. The summed E-state index contributed by atoms with van der Waals surface area (Å²) in [6.45, 7) is 3.55. The molecule has 1 heterocycles. The fourth-order valence-electron chi connectivity index (χ4n) is 0.626. The second-order valence-corrected chi connectivity index (χ2v) is 1.93. The highest BCUT2D eigenvalue weighted by atomic mass is 16.7. The molecule has 0 bridgehead atoms. The maximum Gasteiger partial charge on any atom is 0.181 e. The Bertz CT molecular complexity index is 90.5. The molecule has 1 fully saturated rings. The highest BCUT2D eigenvalue weighted by Crippen LogP contribution is 2.23. The molecule has 46 valence electrons. The van der Waals surface area contributed by atoms with E-state index < -0.39 is 6.29 Å². The van der Waals surface area contributed by atoms with Crippen LogP contribution in [-0.2, 0) is 4.74 Å². The van der Waals surface area contributed by atoms with E-state index in [0.29, 0.717) is 0 Å². The maximum absolute atomic E-state index is 8.60. The monoisotopic (exact) mass is 114 g/mol. The predicted molar refractivity (Wildman–Crippen MR) is 30.3 cm³/mol. The van der Waals surface area contributed by atoms with E-state index in [-0.39, 0.29) is 6.10 Å². The van der Waals surface area contributed by atoms with Gasteiger partial charge in [-0.25, -0.2) is 0 Å². The molecule has 2 heteroatoms. The van der Waals surface area contributed by atoms with Gasteiger partial charge in [-0.1, -0.05) is 6.08 Å². The van der Waals surface area contributed by atoms with Gasteiger partial charge in [0.25, 0.3) is 0 Å². The van der Waals surface area contributed by atoms with Crippen molar-refractivity contribution in [2.75, 3.05) is 0 Å². The second-order valence-electron chi connectivity index (χ2n) is 1.93. The smallest absolute Gasteiger partial charge is 0.181 e. The average Bonchev–Trinajstić information content (AvgIpc) is 2.42. The van der Waals surface area contributed by atoms with Gasteiger partial charge < -0.3 is 9.84 Å². The molecule has 0 aliphatic carbocycles. The van der Waals surface area contributed by atoms with Gasteiger partial charge in [-0.3, -0.25) is 0 Å². The first kappa shape index (κ1) is 5.79. The third-order valence-electron chi connectivity index (χ3n) is 1.21. The first-order valence-electron chi connectivity index (χ1n) is 2.79. The van der Waals surface area contributed by atoms with Crippen LogP contribution in [-0.4, -0.2) is 17.5 Å². The SMILES string of the molecule is C=CCCC1OC1O. The van der Waals surface area contributed by atoms with Gasteiger partial charge in [0.15, 0.2) is 6.29 Å². The molecule has 1 aliphatic heterocycles. The Morgan fingerprint density at radius 2 is 2.38 bits per heavy atom. The van der Waals surface area contributed by atoms with E-state index in [1.54, 1.807) is 0 Å². The summed E-state index contributed by atoms with van der Waals surface area (Å²) in [7, 11) is 0. The van der Waals surface area contributed by atoms with E-state index >= 15 is 0 Å². The second kappa shape index (κ2) is 2.29. The molecule has 0 aromatic heterocycles. The Balaban J connectivity index is 1.97. The van der Waals surface area contributed by atoms with E-state index in [4.69, 9.17) is 9.84 Å². The molecule has 0 saturated carbocycles. The van der Waals surface area contributed by atoms with E-state index in [0.717, 1.165) is 12.8 Å². The molecule has 1 saturated heterocycles. The molecule has 2 nitrogen and oxygen atoms in total. The molecule has 1 aliphatic rings. The van der Waals surface area contributed by atoms with Gasteiger partial charge in [-0.15, -0.1) is 6.58 Å². The summed E-state index contributed by atoms with van der Waals surface area (Å²) in [4.78, 5) is 0.